The van der Waals surface area contributed by atoms with Gasteiger partial charge in [-0.25, -0.2) is 8.42 Å². The van der Waals surface area contributed by atoms with Gasteiger partial charge in [-0.1, -0.05) is 44.2 Å². The molecule has 6 heteroatoms. The van der Waals surface area contributed by atoms with Crippen molar-refractivity contribution in [1.82, 2.24) is 0 Å². The summed E-state index contributed by atoms with van der Waals surface area (Å²) in [5.74, 6) is 0.209. The summed E-state index contributed by atoms with van der Waals surface area (Å²) >= 11 is 0. The molecular formula is C19H24N2O3S. The summed E-state index contributed by atoms with van der Waals surface area (Å²) < 4.78 is 25.2. The van der Waals surface area contributed by atoms with Crippen molar-refractivity contribution in [1.29, 1.82) is 0 Å². The highest BCUT2D eigenvalue weighted by Crippen LogP contribution is 2.19. The zero-order chi connectivity index (χ0) is 18.4. The molecule has 25 heavy (non-hydrogen) atoms. The Morgan fingerprint density at radius 1 is 1.04 bits per heavy atom. The summed E-state index contributed by atoms with van der Waals surface area (Å²) in [6, 6.07) is 16.5. The van der Waals surface area contributed by atoms with Crippen LogP contribution >= 0.6 is 0 Å². The second-order valence-electron chi connectivity index (χ2n) is 6.25. The fourth-order valence-electron chi connectivity index (χ4n) is 2.46. The van der Waals surface area contributed by atoms with Crippen LogP contribution in [0.15, 0.2) is 54.6 Å². The summed E-state index contributed by atoms with van der Waals surface area (Å²) in [4.78, 5) is 12.2. The van der Waals surface area contributed by atoms with E-state index in [0.717, 1.165) is 6.26 Å². The van der Waals surface area contributed by atoms with Crippen molar-refractivity contribution in [3.63, 3.8) is 0 Å². The molecule has 0 aromatic heterocycles. The third-order valence-corrected chi connectivity index (χ3v) is 5.04. The van der Waals surface area contributed by atoms with Crippen molar-refractivity contribution in [3.8, 4) is 0 Å². The number of hydrogen-bond donors (Lipinski definition) is 1. The van der Waals surface area contributed by atoms with E-state index in [1.54, 1.807) is 24.3 Å². The van der Waals surface area contributed by atoms with Gasteiger partial charge < -0.3 is 5.32 Å². The van der Waals surface area contributed by atoms with Crippen LogP contribution in [0, 0.1) is 0 Å². The Hall–Kier alpha value is -2.34. The minimum Gasteiger partial charge on any atom is -0.326 e. The fraction of sp³-hybridized carbons (Fsp3) is 0.316. The first-order valence-corrected chi connectivity index (χ1v) is 10.0. The van der Waals surface area contributed by atoms with E-state index >= 15 is 0 Å². The summed E-state index contributed by atoms with van der Waals surface area (Å²) in [6.07, 6.45) is 1.22. The molecule has 0 heterocycles. The predicted molar refractivity (Wildman–Crippen MR) is 102 cm³/mol. The Labute approximate surface area is 149 Å². The minimum atomic E-state index is -3.45. The maximum Gasteiger partial charge on any atom is 0.232 e. The number of hydrogen-bond acceptors (Lipinski definition) is 3. The normalized spacial score (nSPS) is 11.4. The van der Waals surface area contributed by atoms with E-state index in [9.17, 15) is 13.2 Å². The number of para-hydroxylation sites is 1. The Kier molecular flexibility index (Phi) is 6.20. The van der Waals surface area contributed by atoms with Crippen LogP contribution in [0.5, 0.6) is 0 Å². The minimum absolute atomic E-state index is 0.0773. The zero-order valence-electron chi connectivity index (χ0n) is 14.8. The molecule has 0 radical (unpaired) electrons. The van der Waals surface area contributed by atoms with E-state index in [1.807, 2.05) is 30.3 Å². The standard InChI is InChI=1S/C19H24N2O3S/c1-15(2)16-9-11-17(12-10-16)20-19(22)13-14-21(25(3,23)24)18-7-5-4-6-8-18/h4-12,15H,13-14H2,1-3H3,(H,20,22). The van der Waals surface area contributed by atoms with Gasteiger partial charge in [0, 0.05) is 18.7 Å². The monoisotopic (exact) mass is 360 g/mol. The van der Waals surface area contributed by atoms with Crippen LogP contribution in [0.25, 0.3) is 0 Å². The molecule has 0 spiro atoms. The topological polar surface area (TPSA) is 66.5 Å². The Balaban J connectivity index is 1.99. The molecule has 5 nitrogen and oxygen atoms in total. The first-order chi connectivity index (χ1) is 11.8. The summed E-state index contributed by atoms with van der Waals surface area (Å²) in [7, 11) is -3.45. The molecule has 2 aromatic rings. The van der Waals surface area contributed by atoms with Crippen LogP contribution < -0.4 is 9.62 Å². The quantitative estimate of drug-likeness (QED) is 0.820. The molecule has 0 unspecified atom stereocenters. The van der Waals surface area contributed by atoms with Gasteiger partial charge in [-0.2, -0.15) is 0 Å². The smallest absolute Gasteiger partial charge is 0.232 e. The maximum absolute atomic E-state index is 12.2. The third kappa shape index (κ3) is 5.60. The average Bonchev–Trinajstić information content (AvgIpc) is 2.55. The maximum atomic E-state index is 12.2. The van der Waals surface area contributed by atoms with Gasteiger partial charge in [-0.15, -0.1) is 0 Å². The van der Waals surface area contributed by atoms with E-state index in [2.05, 4.69) is 19.2 Å². The molecule has 134 valence electrons. The summed E-state index contributed by atoms with van der Waals surface area (Å²) in [6.45, 7) is 4.31. The molecule has 0 saturated carbocycles. The van der Waals surface area contributed by atoms with Crippen molar-refractivity contribution in [2.45, 2.75) is 26.2 Å². The Morgan fingerprint density at radius 2 is 1.64 bits per heavy atom. The van der Waals surface area contributed by atoms with Gasteiger partial charge in [0.15, 0.2) is 0 Å². The highest BCUT2D eigenvalue weighted by Gasteiger charge is 2.18. The van der Waals surface area contributed by atoms with E-state index < -0.39 is 10.0 Å². The zero-order valence-corrected chi connectivity index (χ0v) is 15.6. The number of nitrogens with zero attached hydrogens (tertiary/aromatic N) is 1. The van der Waals surface area contributed by atoms with Gasteiger partial charge in [-0.05, 0) is 35.7 Å². The Bertz CT molecular complexity index is 800. The second kappa shape index (κ2) is 8.16. The molecular weight excluding hydrogens is 336 g/mol. The molecule has 0 fully saturated rings. The molecule has 1 N–H and O–H groups in total. The lowest BCUT2D eigenvalue weighted by atomic mass is 10.0. The molecule has 2 aromatic carbocycles. The fourth-order valence-corrected chi connectivity index (χ4v) is 3.39. The van der Waals surface area contributed by atoms with Crippen LogP contribution in [0.4, 0.5) is 11.4 Å². The summed E-state index contributed by atoms with van der Waals surface area (Å²) in [5, 5.41) is 2.81. The molecule has 0 bridgehead atoms. The highest BCUT2D eigenvalue weighted by molar-refractivity contribution is 7.92. The first-order valence-electron chi connectivity index (χ1n) is 8.20. The average molecular weight is 360 g/mol. The van der Waals surface area contributed by atoms with Crippen molar-refractivity contribution < 1.29 is 13.2 Å². The van der Waals surface area contributed by atoms with Gasteiger partial charge in [0.05, 0.1) is 11.9 Å². The number of nitrogens with one attached hydrogen (secondary N) is 1. The van der Waals surface area contributed by atoms with Gasteiger partial charge in [-0.3, -0.25) is 9.10 Å². The molecule has 0 saturated heterocycles. The van der Waals surface area contributed by atoms with E-state index in [1.165, 1.54) is 9.87 Å². The van der Waals surface area contributed by atoms with Gasteiger partial charge in [0.1, 0.15) is 0 Å². The van der Waals surface area contributed by atoms with Crippen LogP contribution in [0.1, 0.15) is 31.7 Å². The molecule has 2 rings (SSSR count). The van der Waals surface area contributed by atoms with Crippen molar-refractivity contribution in [2.75, 3.05) is 22.4 Å². The van der Waals surface area contributed by atoms with E-state index in [-0.39, 0.29) is 18.9 Å². The van der Waals surface area contributed by atoms with Crippen molar-refractivity contribution in [2.24, 2.45) is 0 Å². The lowest BCUT2D eigenvalue weighted by Gasteiger charge is -2.22. The first kappa shape index (κ1) is 19.0. The molecule has 0 aliphatic heterocycles. The number of benzene rings is 2. The van der Waals surface area contributed by atoms with Crippen LogP contribution in [-0.4, -0.2) is 27.1 Å². The largest absolute Gasteiger partial charge is 0.326 e. The van der Waals surface area contributed by atoms with Crippen molar-refractivity contribution >= 4 is 27.3 Å². The lowest BCUT2D eigenvalue weighted by Crippen LogP contribution is -2.33. The predicted octanol–water partition coefficient (Wildman–Crippen LogP) is 3.60. The SMILES string of the molecule is CC(C)c1ccc(NC(=O)CCN(c2ccccc2)S(C)(=O)=O)cc1. The molecule has 1 amide bonds. The van der Waals surface area contributed by atoms with Crippen LogP contribution in [0.2, 0.25) is 0 Å². The number of sulfonamides is 1. The number of carbonyl (C=O) groups is 1. The molecule has 0 aliphatic rings. The number of anilines is 2. The van der Waals surface area contributed by atoms with Gasteiger partial charge in [0.25, 0.3) is 0 Å². The second-order valence-corrected chi connectivity index (χ2v) is 8.15. The highest BCUT2D eigenvalue weighted by atomic mass is 32.2. The van der Waals surface area contributed by atoms with Gasteiger partial charge in [0.2, 0.25) is 15.9 Å². The number of amides is 1. The summed E-state index contributed by atoms with van der Waals surface area (Å²) in [5.41, 5.74) is 2.46. The Morgan fingerprint density at radius 3 is 2.16 bits per heavy atom. The van der Waals surface area contributed by atoms with Crippen molar-refractivity contribution in [3.05, 3.63) is 60.2 Å². The number of carbonyl (C=O) groups excluding carboxylic acids is 1. The van der Waals surface area contributed by atoms with Crippen LogP contribution in [0.3, 0.4) is 0 Å². The molecule has 0 atom stereocenters. The van der Waals surface area contributed by atoms with Gasteiger partial charge >= 0.3 is 0 Å². The third-order valence-electron chi connectivity index (χ3n) is 3.85. The molecule has 0 aliphatic carbocycles. The van der Waals surface area contributed by atoms with E-state index in [4.69, 9.17) is 0 Å². The van der Waals surface area contributed by atoms with E-state index in [0.29, 0.717) is 17.3 Å². The van der Waals surface area contributed by atoms with Crippen LogP contribution in [-0.2, 0) is 14.8 Å². The number of rotatable bonds is 7. The lowest BCUT2D eigenvalue weighted by molar-refractivity contribution is -0.116.